The van der Waals surface area contributed by atoms with Gasteiger partial charge in [0.1, 0.15) is 11.5 Å². The topological polar surface area (TPSA) is 113 Å². The summed E-state index contributed by atoms with van der Waals surface area (Å²) >= 11 is 0. The second-order valence-corrected chi connectivity index (χ2v) is 8.76. The first-order chi connectivity index (χ1) is 14.7. The molecule has 1 heterocycles. The lowest BCUT2D eigenvalue weighted by Crippen LogP contribution is -2.13. The summed E-state index contributed by atoms with van der Waals surface area (Å²) in [6.07, 6.45) is 0.841. The van der Waals surface area contributed by atoms with E-state index < -0.39 is 10.0 Å². The van der Waals surface area contributed by atoms with Crippen LogP contribution in [0.4, 0.5) is 11.5 Å². The van der Waals surface area contributed by atoms with Gasteiger partial charge in [0.2, 0.25) is 15.9 Å². The number of aryl methyl sites for hydroxylation is 3. The van der Waals surface area contributed by atoms with Crippen LogP contribution in [0.1, 0.15) is 29.7 Å². The van der Waals surface area contributed by atoms with Gasteiger partial charge in [0.25, 0.3) is 0 Å². The number of carbonyl (C=O) groups excluding carboxylic acids is 1. The number of hydrogen-bond acceptors (Lipinski definition) is 6. The van der Waals surface area contributed by atoms with E-state index in [1.165, 1.54) is 30.3 Å². The van der Waals surface area contributed by atoms with Gasteiger partial charge in [-0.1, -0.05) is 12.1 Å². The van der Waals surface area contributed by atoms with E-state index in [1.807, 2.05) is 32.0 Å². The number of nitrogens with one attached hydrogen (secondary N) is 1. The lowest BCUT2D eigenvalue weighted by molar-refractivity contribution is -0.116. The second kappa shape index (κ2) is 9.65. The maximum atomic E-state index is 12.3. The van der Waals surface area contributed by atoms with Crippen molar-refractivity contribution in [3.8, 4) is 5.75 Å². The number of hydrogen-bond donors (Lipinski definition) is 1. The Balaban J connectivity index is 1.47. The molecule has 3 aromatic rings. The molecule has 8 nitrogen and oxygen atoms in total. The van der Waals surface area contributed by atoms with Gasteiger partial charge in [-0.3, -0.25) is 9.95 Å². The Morgan fingerprint density at radius 3 is 2.52 bits per heavy atom. The molecule has 0 fully saturated rings. The van der Waals surface area contributed by atoms with Crippen molar-refractivity contribution in [1.82, 2.24) is 5.16 Å². The molecule has 0 spiro atoms. The summed E-state index contributed by atoms with van der Waals surface area (Å²) in [4.78, 5) is 12.1. The standard InChI is InChI=1S/C22H25N3O5S/c1-15-6-7-16(2)20(13-15)29-12-4-5-22(26)23-18-8-10-19(11-9-18)31(27,28)25-21-14-17(3)30-24-21/h6-11,13-14H,4-5,12H2,1-3H3,(H2,23,24,25,26)/p-1. The SMILES string of the molecule is Cc1ccc(C)c(OCCCC(=O)Nc2ccc(S(=O)(=O)[N-]c3cc(C)on3)cc2)c1. The fraction of sp³-hybridized carbons (Fsp3) is 0.273. The highest BCUT2D eigenvalue weighted by Crippen LogP contribution is 2.27. The molecule has 0 aliphatic heterocycles. The van der Waals surface area contributed by atoms with E-state index in [1.54, 1.807) is 6.92 Å². The van der Waals surface area contributed by atoms with E-state index in [0.717, 1.165) is 16.9 Å². The third kappa shape index (κ3) is 6.32. The monoisotopic (exact) mass is 442 g/mol. The third-order valence-electron chi connectivity index (χ3n) is 4.41. The summed E-state index contributed by atoms with van der Waals surface area (Å²) in [5.74, 6) is 1.09. The smallest absolute Gasteiger partial charge is 0.224 e. The summed E-state index contributed by atoms with van der Waals surface area (Å²) in [6.45, 7) is 6.05. The zero-order valence-electron chi connectivity index (χ0n) is 17.6. The van der Waals surface area contributed by atoms with Crippen LogP contribution in [0.25, 0.3) is 4.72 Å². The summed E-state index contributed by atoms with van der Waals surface area (Å²) in [5, 5.41) is 6.30. The van der Waals surface area contributed by atoms with Crippen molar-refractivity contribution in [2.75, 3.05) is 11.9 Å². The number of aromatic nitrogens is 1. The van der Waals surface area contributed by atoms with Crippen LogP contribution in [0.3, 0.4) is 0 Å². The first-order valence-electron chi connectivity index (χ1n) is 9.74. The Hall–Kier alpha value is -3.33. The van der Waals surface area contributed by atoms with E-state index in [2.05, 4.69) is 15.2 Å². The Morgan fingerprint density at radius 2 is 1.84 bits per heavy atom. The van der Waals surface area contributed by atoms with Gasteiger partial charge >= 0.3 is 0 Å². The number of rotatable bonds is 9. The van der Waals surface area contributed by atoms with Crippen LogP contribution in [0, 0.1) is 20.8 Å². The lowest BCUT2D eigenvalue weighted by Gasteiger charge is -2.12. The summed E-state index contributed by atoms with van der Waals surface area (Å²) in [6, 6.07) is 13.2. The average molecular weight is 443 g/mol. The first kappa shape index (κ1) is 22.4. The van der Waals surface area contributed by atoms with Crippen LogP contribution in [-0.2, 0) is 14.8 Å². The minimum atomic E-state index is -3.92. The van der Waals surface area contributed by atoms with Crippen molar-refractivity contribution in [1.29, 1.82) is 0 Å². The minimum absolute atomic E-state index is 0.00641. The predicted molar refractivity (Wildman–Crippen MR) is 117 cm³/mol. The Labute approximate surface area is 181 Å². The average Bonchev–Trinajstić information content (AvgIpc) is 3.12. The number of anilines is 1. The molecule has 3 rings (SSSR count). The molecule has 0 unspecified atom stereocenters. The van der Waals surface area contributed by atoms with Crippen LogP contribution in [0.15, 0.2) is 57.9 Å². The summed E-state index contributed by atoms with van der Waals surface area (Å²) in [5.41, 5.74) is 2.67. The van der Waals surface area contributed by atoms with Crippen LogP contribution < -0.4 is 10.1 Å². The van der Waals surface area contributed by atoms with E-state index >= 15 is 0 Å². The molecule has 0 bridgehead atoms. The van der Waals surface area contributed by atoms with Crippen LogP contribution >= 0.6 is 0 Å². The second-order valence-electron chi connectivity index (χ2n) is 7.16. The van der Waals surface area contributed by atoms with E-state index in [-0.39, 0.29) is 23.0 Å². The Bertz CT molecular complexity index is 1150. The molecular weight excluding hydrogens is 418 g/mol. The van der Waals surface area contributed by atoms with Gasteiger partial charge < -0.3 is 19.3 Å². The fourth-order valence-corrected chi connectivity index (χ4v) is 3.70. The highest BCUT2D eigenvalue weighted by atomic mass is 32.2. The molecular formula is C22H24N3O5S-. The van der Waals surface area contributed by atoms with Crippen LogP contribution in [-0.4, -0.2) is 26.1 Å². The van der Waals surface area contributed by atoms with E-state index in [4.69, 9.17) is 9.26 Å². The molecule has 0 saturated carbocycles. The normalized spacial score (nSPS) is 11.2. The van der Waals surface area contributed by atoms with Gasteiger partial charge in [-0.2, -0.15) is 0 Å². The van der Waals surface area contributed by atoms with Gasteiger partial charge in [0, 0.05) is 12.1 Å². The molecule has 1 N–H and O–H groups in total. The molecule has 0 aliphatic carbocycles. The molecule has 164 valence electrons. The lowest BCUT2D eigenvalue weighted by atomic mass is 10.1. The molecule has 0 aliphatic rings. The van der Waals surface area contributed by atoms with Crippen LogP contribution in [0.5, 0.6) is 5.75 Å². The highest BCUT2D eigenvalue weighted by Gasteiger charge is 2.11. The number of carbonyl (C=O) groups is 1. The maximum absolute atomic E-state index is 12.3. The molecule has 0 atom stereocenters. The Kier molecular flexibility index (Phi) is 6.96. The summed E-state index contributed by atoms with van der Waals surface area (Å²) < 4.78 is 38.9. The van der Waals surface area contributed by atoms with Gasteiger partial charge in [-0.15, -0.1) is 0 Å². The van der Waals surface area contributed by atoms with Crippen molar-refractivity contribution in [3.63, 3.8) is 0 Å². The number of benzene rings is 2. The van der Waals surface area contributed by atoms with Crippen molar-refractivity contribution < 1.29 is 22.5 Å². The Morgan fingerprint density at radius 1 is 1.10 bits per heavy atom. The van der Waals surface area contributed by atoms with Crippen LogP contribution in [0.2, 0.25) is 0 Å². The van der Waals surface area contributed by atoms with E-state index in [9.17, 15) is 13.2 Å². The van der Waals surface area contributed by atoms with Crippen molar-refractivity contribution in [3.05, 3.63) is 70.1 Å². The quantitative estimate of drug-likeness (QED) is 0.477. The first-order valence-corrected chi connectivity index (χ1v) is 11.2. The molecule has 0 saturated heterocycles. The zero-order chi connectivity index (χ0) is 22.4. The molecule has 31 heavy (non-hydrogen) atoms. The van der Waals surface area contributed by atoms with Gasteiger partial charge in [0.15, 0.2) is 0 Å². The number of amides is 1. The van der Waals surface area contributed by atoms with Gasteiger partial charge in [-0.05, 0) is 80.5 Å². The fourth-order valence-electron chi connectivity index (χ4n) is 2.78. The largest absolute Gasteiger partial charge is 0.493 e. The number of sulfonamides is 1. The van der Waals surface area contributed by atoms with Gasteiger partial charge in [0.05, 0.1) is 11.5 Å². The van der Waals surface area contributed by atoms with Crippen molar-refractivity contribution >= 4 is 27.4 Å². The predicted octanol–water partition coefficient (Wildman–Crippen LogP) is 4.79. The maximum Gasteiger partial charge on any atom is 0.224 e. The third-order valence-corrected chi connectivity index (χ3v) is 5.71. The van der Waals surface area contributed by atoms with Crippen molar-refractivity contribution in [2.45, 2.75) is 38.5 Å². The number of ether oxygens (including phenoxy) is 1. The summed E-state index contributed by atoms with van der Waals surface area (Å²) in [7, 11) is -3.92. The van der Waals surface area contributed by atoms with Gasteiger partial charge in [-0.25, -0.2) is 8.42 Å². The minimum Gasteiger partial charge on any atom is -0.493 e. The molecule has 9 heteroatoms. The number of nitrogens with zero attached hydrogens (tertiary/aromatic N) is 2. The molecule has 2 aromatic carbocycles. The molecule has 1 aromatic heterocycles. The zero-order valence-corrected chi connectivity index (χ0v) is 18.4. The molecule has 1 amide bonds. The van der Waals surface area contributed by atoms with E-state index in [0.29, 0.717) is 24.5 Å². The van der Waals surface area contributed by atoms with Crippen molar-refractivity contribution in [2.24, 2.45) is 0 Å². The molecule has 0 radical (unpaired) electrons. The highest BCUT2D eigenvalue weighted by molar-refractivity contribution is 7.94.